The van der Waals surface area contributed by atoms with Crippen LogP contribution < -0.4 is 11.1 Å². The van der Waals surface area contributed by atoms with Crippen molar-refractivity contribution in [3.63, 3.8) is 0 Å². The molecule has 1 atom stereocenters. The molecule has 0 radical (unpaired) electrons. The van der Waals surface area contributed by atoms with E-state index in [1.807, 2.05) is 36.3 Å². The van der Waals surface area contributed by atoms with Crippen molar-refractivity contribution < 1.29 is 19.1 Å². The van der Waals surface area contributed by atoms with Gasteiger partial charge in [0.1, 0.15) is 5.54 Å². The maximum absolute atomic E-state index is 12.7. The standard InChI is InChI=1S/C17H26N4O4S/c1-17(2,15(23)25-3)21-8-6-20(7-9-21)14(22)11-12(19-16(18)24)13-5-4-10-26-13/h4-5,10,12H,6-9,11H2,1-3H3,(H3,18,19,24). The fourth-order valence-corrected chi connectivity index (χ4v) is 3.86. The van der Waals surface area contributed by atoms with E-state index in [0.717, 1.165) is 4.88 Å². The minimum Gasteiger partial charge on any atom is -0.468 e. The first-order chi connectivity index (χ1) is 12.3. The number of rotatable bonds is 6. The molecule has 1 aliphatic heterocycles. The summed E-state index contributed by atoms with van der Waals surface area (Å²) >= 11 is 1.47. The van der Waals surface area contributed by atoms with Gasteiger partial charge in [-0.1, -0.05) is 6.07 Å². The molecule has 1 unspecified atom stereocenters. The molecule has 26 heavy (non-hydrogen) atoms. The Balaban J connectivity index is 1.95. The summed E-state index contributed by atoms with van der Waals surface area (Å²) in [4.78, 5) is 40.5. The number of nitrogens with zero attached hydrogens (tertiary/aromatic N) is 2. The molecule has 0 spiro atoms. The number of hydrogen-bond donors (Lipinski definition) is 2. The number of methoxy groups -OCH3 is 1. The predicted octanol–water partition coefficient (Wildman–Crippen LogP) is 0.943. The SMILES string of the molecule is COC(=O)C(C)(C)N1CCN(C(=O)CC(NC(N)=O)c2cccs2)CC1. The van der Waals surface area contributed by atoms with Gasteiger partial charge in [0, 0.05) is 31.1 Å². The number of ether oxygens (including phenoxy) is 1. The maximum atomic E-state index is 12.7. The van der Waals surface area contributed by atoms with Crippen LogP contribution in [0.1, 0.15) is 31.2 Å². The average Bonchev–Trinajstić information content (AvgIpc) is 3.14. The molecule has 1 aliphatic rings. The number of nitrogens with one attached hydrogen (secondary N) is 1. The lowest BCUT2D eigenvalue weighted by Crippen LogP contribution is -2.59. The normalized spacial score (nSPS) is 16.8. The van der Waals surface area contributed by atoms with Crippen LogP contribution in [0, 0.1) is 0 Å². The summed E-state index contributed by atoms with van der Waals surface area (Å²) < 4.78 is 4.86. The molecular weight excluding hydrogens is 356 g/mol. The highest BCUT2D eigenvalue weighted by atomic mass is 32.1. The Hall–Kier alpha value is -2.13. The van der Waals surface area contributed by atoms with Gasteiger partial charge >= 0.3 is 12.0 Å². The summed E-state index contributed by atoms with van der Waals surface area (Å²) in [5.74, 6) is -0.339. The van der Waals surface area contributed by atoms with E-state index in [1.165, 1.54) is 18.4 Å². The molecule has 2 rings (SSSR count). The molecule has 0 aliphatic carbocycles. The number of urea groups is 1. The van der Waals surface area contributed by atoms with Crippen LogP contribution in [0.15, 0.2) is 17.5 Å². The predicted molar refractivity (Wildman–Crippen MR) is 98.6 cm³/mol. The van der Waals surface area contributed by atoms with Gasteiger partial charge in [-0.15, -0.1) is 11.3 Å². The Bertz CT molecular complexity index is 639. The Morgan fingerprint density at radius 2 is 1.96 bits per heavy atom. The molecular formula is C17H26N4O4S. The molecule has 3 N–H and O–H groups in total. The largest absolute Gasteiger partial charge is 0.468 e. The third-order valence-electron chi connectivity index (χ3n) is 4.69. The van der Waals surface area contributed by atoms with E-state index in [2.05, 4.69) is 5.32 Å². The zero-order chi connectivity index (χ0) is 19.3. The number of primary amides is 1. The summed E-state index contributed by atoms with van der Waals surface area (Å²) in [6, 6.07) is 2.66. The number of amides is 3. The van der Waals surface area contributed by atoms with Crippen LogP contribution in [0.5, 0.6) is 0 Å². The number of carbonyl (C=O) groups excluding carboxylic acids is 3. The summed E-state index contributed by atoms with van der Waals surface area (Å²) in [6.45, 7) is 5.85. The highest BCUT2D eigenvalue weighted by Crippen LogP contribution is 2.24. The van der Waals surface area contributed by atoms with Gasteiger partial charge in [0.2, 0.25) is 5.91 Å². The van der Waals surface area contributed by atoms with Gasteiger partial charge in [0.15, 0.2) is 0 Å². The van der Waals surface area contributed by atoms with Gasteiger partial charge in [0.05, 0.1) is 19.6 Å². The van der Waals surface area contributed by atoms with Crippen molar-refractivity contribution in [3.8, 4) is 0 Å². The first kappa shape index (κ1) is 20.2. The molecule has 144 valence electrons. The van der Waals surface area contributed by atoms with Crippen LogP contribution in [0.25, 0.3) is 0 Å². The second-order valence-electron chi connectivity index (χ2n) is 6.70. The first-order valence-electron chi connectivity index (χ1n) is 8.46. The van der Waals surface area contributed by atoms with Gasteiger partial charge in [-0.05, 0) is 25.3 Å². The van der Waals surface area contributed by atoms with Crippen LogP contribution in [0.3, 0.4) is 0 Å². The summed E-state index contributed by atoms with van der Waals surface area (Å²) in [6.07, 6.45) is 0.157. The number of piperazine rings is 1. The topological polar surface area (TPSA) is 105 Å². The molecule has 3 amide bonds. The molecule has 1 aromatic heterocycles. The van der Waals surface area contributed by atoms with Crippen LogP contribution >= 0.6 is 11.3 Å². The zero-order valence-corrected chi connectivity index (χ0v) is 16.2. The molecule has 0 aromatic carbocycles. The number of thiophene rings is 1. The van der Waals surface area contributed by atoms with Crippen molar-refractivity contribution in [3.05, 3.63) is 22.4 Å². The first-order valence-corrected chi connectivity index (χ1v) is 9.34. The minimum atomic E-state index is -0.725. The van der Waals surface area contributed by atoms with Gasteiger partial charge in [-0.2, -0.15) is 0 Å². The lowest BCUT2D eigenvalue weighted by Gasteiger charge is -2.42. The average molecular weight is 382 g/mol. The number of nitrogens with two attached hydrogens (primary N) is 1. The Morgan fingerprint density at radius 3 is 2.46 bits per heavy atom. The van der Waals surface area contributed by atoms with Crippen LogP contribution in [0.4, 0.5) is 4.79 Å². The second kappa shape index (κ2) is 8.50. The van der Waals surface area contributed by atoms with Crippen molar-refractivity contribution in [1.29, 1.82) is 0 Å². The van der Waals surface area contributed by atoms with E-state index in [1.54, 1.807) is 4.90 Å². The third-order valence-corrected chi connectivity index (χ3v) is 5.68. The van der Waals surface area contributed by atoms with Crippen molar-refractivity contribution in [1.82, 2.24) is 15.1 Å². The zero-order valence-electron chi connectivity index (χ0n) is 15.4. The summed E-state index contributed by atoms with van der Waals surface area (Å²) in [5.41, 5.74) is 4.52. The highest BCUT2D eigenvalue weighted by molar-refractivity contribution is 7.10. The van der Waals surface area contributed by atoms with E-state index in [9.17, 15) is 14.4 Å². The molecule has 9 heteroatoms. The molecule has 0 saturated carbocycles. The molecule has 2 heterocycles. The van der Waals surface area contributed by atoms with E-state index in [4.69, 9.17) is 10.5 Å². The number of esters is 1. The molecule has 1 fully saturated rings. The van der Waals surface area contributed by atoms with Crippen molar-refractivity contribution in [2.75, 3.05) is 33.3 Å². The fourth-order valence-electron chi connectivity index (χ4n) is 3.08. The van der Waals surface area contributed by atoms with E-state index < -0.39 is 17.6 Å². The second-order valence-corrected chi connectivity index (χ2v) is 7.68. The van der Waals surface area contributed by atoms with Crippen molar-refractivity contribution >= 4 is 29.2 Å². The summed E-state index contributed by atoms with van der Waals surface area (Å²) in [7, 11) is 1.38. The van der Waals surface area contributed by atoms with E-state index >= 15 is 0 Å². The number of carbonyl (C=O) groups is 3. The lowest BCUT2D eigenvalue weighted by molar-refractivity contribution is -0.155. The van der Waals surface area contributed by atoms with E-state index in [-0.39, 0.29) is 18.3 Å². The lowest BCUT2D eigenvalue weighted by atomic mass is 10.0. The third kappa shape index (κ3) is 4.73. The van der Waals surface area contributed by atoms with Crippen LogP contribution in [-0.2, 0) is 14.3 Å². The molecule has 8 nitrogen and oxygen atoms in total. The Morgan fingerprint density at radius 1 is 1.31 bits per heavy atom. The van der Waals surface area contributed by atoms with Gasteiger partial charge in [0.25, 0.3) is 0 Å². The number of hydrogen-bond acceptors (Lipinski definition) is 6. The molecule has 1 saturated heterocycles. The van der Waals surface area contributed by atoms with E-state index in [0.29, 0.717) is 26.2 Å². The molecule has 0 bridgehead atoms. The van der Waals surface area contributed by atoms with Crippen molar-refractivity contribution in [2.24, 2.45) is 5.73 Å². The van der Waals surface area contributed by atoms with Crippen LogP contribution in [-0.4, -0.2) is 66.5 Å². The smallest absolute Gasteiger partial charge is 0.325 e. The Labute approximate surface area is 157 Å². The highest BCUT2D eigenvalue weighted by Gasteiger charge is 2.38. The minimum absolute atomic E-state index is 0.0484. The van der Waals surface area contributed by atoms with Gasteiger partial charge in [-0.3, -0.25) is 14.5 Å². The quantitative estimate of drug-likeness (QED) is 0.713. The summed E-state index contributed by atoms with van der Waals surface area (Å²) in [5, 5.41) is 4.53. The van der Waals surface area contributed by atoms with Gasteiger partial charge in [-0.25, -0.2) is 4.79 Å². The monoisotopic (exact) mass is 382 g/mol. The van der Waals surface area contributed by atoms with Crippen molar-refractivity contribution in [2.45, 2.75) is 31.8 Å². The fraction of sp³-hybridized carbons (Fsp3) is 0.588. The van der Waals surface area contributed by atoms with Crippen LogP contribution in [0.2, 0.25) is 0 Å². The van der Waals surface area contributed by atoms with Gasteiger partial charge < -0.3 is 20.7 Å². The molecule has 1 aromatic rings. The maximum Gasteiger partial charge on any atom is 0.325 e. The Kier molecular flexibility index (Phi) is 6.60.